The lowest BCUT2D eigenvalue weighted by Crippen LogP contribution is -2.34. The molecule has 1 heterocycles. The van der Waals surface area contributed by atoms with Gasteiger partial charge in [-0.1, -0.05) is 25.1 Å². The van der Waals surface area contributed by atoms with E-state index in [4.69, 9.17) is 10.0 Å². The summed E-state index contributed by atoms with van der Waals surface area (Å²) in [6, 6.07) is 9.51. The first-order chi connectivity index (χ1) is 9.52. The molecule has 104 valence electrons. The van der Waals surface area contributed by atoms with E-state index in [0.717, 1.165) is 11.1 Å². The van der Waals surface area contributed by atoms with Crippen LogP contribution in [0.4, 0.5) is 4.39 Å². The standard InChI is InChI=1S/C14H15BFNO2S/c1-9(10-3-5-12(20-2)6-4-10)11-7-13(15(18)19)14(16)17-8-11/h3-9,18-19H,1-2H3. The van der Waals surface area contributed by atoms with Gasteiger partial charge in [0.25, 0.3) is 0 Å². The number of thioether (sulfide) groups is 1. The van der Waals surface area contributed by atoms with E-state index in [1.54, 1.807) is 11.8 Å². The lowest BCUT2D eigenvalue weighted by molar-refractivity contribution is 0.421. The number of hydrogen-bond donors (Lipinski definition) is 2. The van der Waals surface area contributed by atoms with Crippen LogP contribution in [0.15, 0.2) is 41.4 Å². The number of aromatic nitrogens is 1. The summed E-state index contributed by atoms with van der Waals surface area (Å²) >= 11 is 1.67. The van der Waals surface area contributed by atoms with Crippen LogP contribution in [0.1, 0.15) is 24.0 Å². The van der Waals surface area contributed by atoms with Crippen LogP contribution in [0.25, 0.3) is 0 Å². The zero-order valence-corrected chi connectivity index (χ0v) is 12.1. The molecule has 0 saturated carbocycles. The molecule has 0 bridgehead atoms. The summed E-state index contributed by atoms with van der Waals surface area (Å²) in [5.41, 5.74) is 1.61. The SMILES string of the molecule is CSc1ccc(C(C)c2cnc(F)c(B(O)O)c2)cc1. The molecule has 0 amide bonds. The normalized spacial score (nSPS) is 12.2. The van der Waals surface area contributed by atoms with Gasteiger partial charge in [0.1, 0.15) is 0 Å². The molecule has 0 saturated heterocycles. The highest BCUT2D eigenvalue weighted by atomic mass is 32.2. The fourth-order valence-corrected chi connectivity index (χ4v) is 2.39. The highest BCUT2D eigenvalue weighted by Crippen LogP contribution is 2.25. The smallest absolute Gasteiger partial charge is 0.423 e. The van der Waals surface area contributed by atoms with Gasteiger partial charge in [-0.3, -0.25) is 0 Å². The molecule has 1 aromatic carbocycles. The van der Waals surface area contributed by atoms with Crippen molar-refractivity contribution in [3.63, 3.8) is 0 Å². The van der Waals surface area contributed by atoms with Gasteiger partial charge in [0, 0.05) is 22.5 Å². The topological polar surface area (TPSA) is 53.4 Å². The third-order valence-corrected chi connectivity index (χ3v) is 4.02. The fraction of sp³-hybridized carbons (Fsp3) is 0.214. The fourth-order valence-electron chi connectivity index (χ4n) is 1.99. The Labute approximate surface area is 122 Å². The molecule has 2 N–H and O–H groups in total. The Balaban J connectivity index is 2.32. The minimum Gasteiger partial charge on any atom is -0.423 e. The maximum atomic E-state index is 13.4. The molecular weight excluding hydrogens is 276 g/mol. The zero-order chi connectivity index (χ0) is 14.7. The van der Waals surface area contributed by atoms with Gasteiger partial charge in [0.15, 0.2) is 0 Å². The molecule has 0 aliphatic heterocycles. The minimum atomic E-state index is -1.85. The van der Waals surface area contributed by atoms with Gasteiger partial charge in [0.05, 0.1) is 0 Å². The molecule has 0 aliphatic carbocycles. The van der Waals surface area contributed by atoms with Crippen molar-refractivity contribution in [2.45, 2.75) is 17.7 Å². The van der Waals surface area contributed by atoms with Crippen molar-refractivity contribution < 1.29 is 14.4 Å². The van der Waals surface area contributed by atoms with Crippen molar-refractivity contribution in [3.05, 3.63) is 53.6 Å². The zero-order valence-electron chi connectivity index (χ0n) is 11.2. The third-order valence-electron chi connectivity index (χ3n) is 3.28. The number of halogens is 1. The quantitative estimate of drug-likeness (QED) is 0.512. The predicted octanol–water partition coefficient (Wildman–Crippen LogP) is 1.77. The van der Waals surface area contributed by atoms with E-state index in [-0.39, 0.29) is 11.4 Å². The van der Waals surface area contributed by atoms with Crippen LogP contribution in [0.3, 0.4) is 0 Å². The largest absolute Gasteiger partial charge is 0.493 e. The van der Waals surface area contributed by atoms with Crippen LogP contribution < -0.4 is 5.46 Å². The second-order valence-corrected chi connectivity index (χ2v) is 5.40. The molecule has 20 heavy (non-hydrogen) atoms. The molecule has 0 spiro atoms. The van der Waals surface area contributed by atoms with Crippen LogP contribution in [0.5, 0.6) is 0 Å². The molecule has 2 aromatic rings. The second kappa shape index (κ2) is 6.39. The maximum absolute atomic E-state index is 13.4. The van der Waals surface area contributed by atoms with Crippen molar-refractivity contribution in [1.82, 2.24) is 4.98 Å². The van der Waals surface area contributed by atoms with E-state index in [1.807, 2.05) is 37.4 Å². The van der Waals surface area contributed by atoms with Crippen LogP contribution in [0, 0.1) is 5.95 Å². The first-order valence-electron chi connectivity index (χ1n) is 6.18. The van der Waals surface area contributed by atoms with Crippen LogP contribution in [-0.4, -0.2) is 28.4 Å². The number of nitrogens with zero attached hydrogens (tertiary/aromatic N) is 1. The summed E-state index contributed by atoms with van der Waals surface area (Å²) in [6.07, 6.45) is 3.44. The van der Waals surface area contributed by atoms with Gasteiger partial charge >= 0.3 is 7.12 Å². The Morgan fingerprint density at radius 1 is 1.20 bits per heavy atom. The minimum absolute atomic E-state index is 0.00324. The van der Waals surface area contributed by atoms with Crippen LogP contribution >= 0.6 is 11.8 Å². The molecule has 1 unspecified atom stereocenters. The monoisotopic (exact) mass is 291 g/mol. The molecule has 0 fully saturated rings. The summed E-state index contributed by atoms with van der Waals surface area (Å²) in [6.45, 7) is 1.97. The molecule has 3 nitrogen and oxygen atoms in total. The van der Waals surface area contributed by atoms with E-state index < -0.39 is 13.1 Å². The van der Waals surface area contributed by atoms with Gasteiger partial charge in [-0.15, -0.1) is 11.8 Å². The third kappa shape index (κ3) is 3.20. The number of rotatable bonds is 4. The van der Waals surface area contributed by atoms with Crippen molar-refractivity contribution >= 4 is 24.3 Å². The Bertz CT molecular complexity index is 592. The van der Waals surface area contributed by atoms with E-state index in [9.17, 15) is 4.39 Å². The average molecular weight is 291 g/mol. The molecule has 6 heteroatoms. The second-order valence-electron chi connectivity index (χ2n) is 4.52. The van der Waals surface area contributed by atoms with Crippen molar-refractivity contribution in [3.8, 4) is 0 Å². The summed E-state index contributed by atoms with van der Waals surface area (Å²) in [5, 5.41) is 18.2. The van der Waals surface area contributed by atoms with Gasteiger partial charge in [-0.25, -0.2) is 4.98 Å². The van der Waals surface area contributed by atoms with E-state index in [0.29, 0.717) is 0 Å². The highest BCUT2D eigenvalue weighted by Gasteiger charge is 2.20. The van der Waals surface area contributed by atoms with E-state index in [1.165, 1.54) is 17.2 Å². The molecular formula is C14H15BFNO2S. The summed E-state index contributed by atoms with van der Waals surface area (Å²) in [5.74, 6) is -0.856. The first-order valence-corrected chi connectivity index (χ1v) is 7.41. The van der Waals surface area contributed by atoms with Gasteiger partial charge in [-0.05, 0) is 29.5 Å². The van der Waals surface area contributed by atoms with Crippen LogP contribution in [-0.2, 0) is 0 Å². The molecule has 1 aromatic heterocycles. The summed E-state index contributed by atoms with van der Waals surface area (Å²) in [7, 11) is -1.85. The predicted molar refractivity (Wildman–Crippen MR) is 79.8 cm³/mol. The molecule has 0 radical (unpaired) electrons. The lowest BCUT2D eigenvalue weighted by Gasteiger charge is -2.14. The number of benzene rings is 1. The Morgan fingerprint density at radius 3 is 2.40 bits per heavy atom. The van der Waals surface area contributed by atoms with E-state index in [2.05, 4.69) is 4.98 Å². The molecule has 1 atom stereocenters. The van der Waals surface area contributed by atoms with Crippen LogP contribution in [0.2, 0.25) is 0 Å². The van der Waals surface area contributed by atoms with Crippen molar-refractivity contribution in [2.24, 2.45) is 0 Å². The molecule has 0 aliphatic rings. The first kappa shape index (κ1) is 15.0. The Kier molecular flexibility index (Phi) is 4.80. The summed E-state index contributed by atoms with van der Waals surface area (Å²) < 4.78 is 13.4. The molecule has 2 rings (SSSR count). The van der Waals surface area contributed by atoms with Gasteiger partial charge in [0.2, 0.25) is 5.95 Å². The summed E-state index contributed by atoms with van der Waals surface area (Å²) in [4.78, 5) is 4.76. The Morgan fingerprint density at radius 2 is 1.85 bits per heavy atom. The average Bonchev–Trinajstić information content (AvgIpc) is 2.47. The van der Waals surface area contributed by atoms with E-state index >= 15 is 0 Å². The Hall–Kier alpha value is -1.37. The number of hydrogen-bond acceptors (Lipinski definition) is 4. The maximum Gasteiger partial charge on any atom is 0.493 e. The number of pyridine rings is 1. The lowest BCUT2D eigenvalue weighted by atomic mass is 9.79. The van der Waals surface area contributed by atoms with Crippen molar-refractivity contribution in [2.75, 3.05) is 6.26 Å². The van der Waals surface area contributed by atoms with Gasteiger partial charge in [-0.2, -0.15) is 4.39 Å². The van der Waals surface area contributed by atoms with Gasteiger partial charge < -0.3 is 10.0 Å². The highest BCUT2D eigenvalue weighted by molar-refractivity contribution is 7.98. The van der Waals surface area contributed by atoms with Crippen molar-refractivity contribution in [1.29, 1.82) is 0 Å².